The SMILES string of the molecule is CC(C)C(NC(=O)c1ccccc1F)C(=O)NC1CCCC(C)C1C. The van der Waals surface area contributed by atoms with Crippen LogP contribution in [0.4, 0.5) is 4.39 Å². The summed E-state index contributed by atoms with van der Waals surface area (Å²) >= 11 is 0. The maximum atomic E-state index is 13.8. The smallest absolute Gasteiger partial charge is 0.254 e. The van der Waals surface area contributed by atoms with E-state index in [1.54, 1.807) is 6.07 Å². The predicted octanol–water partition coefficient (Wildman–Crippen LogP) is 3.52. The number of halogens is 1. The highest BCUT2D eigenvalue weighted by Gasteiger charge is 2.32. The zero-order valence-electron chi connectivity index (χ0n) is 15.5. The minimum Gasteiger partial charge on any atom is -0.351 e. The Labute approximate surface area is 149 Å². The predicted molar refractivity (Wildman–Crippen MR) is 96.6 cm³/mol. The average Bonchev–Trinajstić information content (AvgIpc) is 2.56. The van der Waals surface area contributed by atoms with E-state index in [1.807, 2.05) is 13.8 Å². The molecule has 1 aromatic carbocycles. The van der Waals surface area contributed by atoms with Crippen LogP contribution in [0.2, 0.25) is 0 Å². The Hall–Kier alpha value is -1.91. The van der Waals surface area contributed by atoms with Crippen LogP contribution in [0.25, 0.3) is 0 Å². The second-order valence-electron chi connectivity index (χ2n) is 7.56. The summed E-state index contributed by atoms with van der Waals surface area (Å²) in [6, 6.07) is 5.24. The van der Waals surface area contributed by atoms with Crippen LogP contribution >= 0.6 is 0 Å². The maximum Gasteiger partial charge on any atom is 0.254 e. The van der Waals surface area contributed by atoms with Gasteiger partial charge in [0.1, 0.15) is 11.9 Å². The molecule has 25 heavy (non-hydrogen) atoms. The molecule has 138 valence electrons. The Balaban J connectivity index is 2.06. The molecule has 2 rings (SSSR count). The molecule has 4 nitrogen and oxygen atoms in total. The van der Waals surface area contributed by atoms with Crippen molar-refractivity contribution in [3.8, 4) is 0 Å². The molecule has 4 unspecified atom stereocenters. The first kappa shape index (κ1) is 19.4. The zero-order valence-corrected chi connectivity index (χ0v) is 15.5. The summed E-state index contributed by atoms with van der Waals surface area (Å²) in [4.78, 5) is 25.1. The number of hydrogen-bond donors (Lipinski definition) is 2. The molecule has 5 heteroatoms. The molecule has 0 aromatic heterocycles. The highest BCUT2D eigenvalue weighted by atomic mass is 19.1. The molecule has 4 atom stereocenters. The summed E-state index contributed by atoms with van der Waals surface area (Å²) in [6.45, 7) is 8.12. The van der Waals surface area contributed by atoms with E-state index in [4.69, 9.17) is 0 Å². The van der Waals surface area contributed by atoms with E-state index < -0.39 is 17.8 Å². The molecular weight excluding hydrogens is 319 g/mol. The van der Waals surface area contributed by atoms with Gasteiger partial charge in [0, 0.05) is 6.04 Å². The third kappa shape index (κ3) is 4.80. The maximum absolute atomic E-state index is 13.8. The number of amides is 2. The number of benzene rings is 1. The van der Waals surface area contributed by atoms with Crippen molar-refractivity contribution in [3.05, 3.63) is 35.6 Å². The lowest BCUT2D eigenvalue weighted by atomic mass is 9.78. The number of hydrogen-bond acceptors (Lipinski definition) is 2. The van der Waals surface area contributed by atoms with Crippen molar-refractivity contribution >= 4 is 11.8 Å². The topological polar surface area (TPSA) is 58.2 Å². The summed E-state index contributed by atoms with van der Waals surface area (Å²) in [6.07, 6.45) is 3.25. The second kappa shape index (κ2) is 8.45. The number of nitrogens with one attached hydrogen (secondary N) is 2. The minimum atomic E-state index is -0.684. The van der Waals surface area contributed by atoms with Crippen LogP contribution < -0.4 is 10.6 Å². The van der Waals surface area contributed by atoms with Gasteiger partial charge < -0.3 is 10.6 Å². The molecule has 1 fully saturated rings. The summed E-state index contributed by atoms with van der Waals surface area (Å²) in [5.74, 6) is -0.440. The first-order valence-electron chi connectivity index (χ1n) is 9.17. The average molecular weight is 348 g/mol. The number of carbonyl (C=O) groups is 2. The van der Waals surface area contributed by atoms with E-state index >= 15 is 0 Å². The van der Waals surface area contributed by atoms with Crippen molar-refractivity contribution in [1.29, 1.82) is 0 Å². The van der Waals surface area contributed by atoms with Gasteiger partial charge in [-0.05, 0) is 36.3 Å². The van der Waals surface area contributed by atoms with Crippen LogP contribution in [-0.4, -0.2) is 23.9 Å². The minimum absolute atomic E-state index is 0.0411. The van der Waals surface area contributed by atoms with Gasteiger partial charge >= 0.3 is 0 Å². The van der Waals surface area contributed by atoms with Crippen LogP contribution in [0.1, 0.15) is 57.3 Å². The van der Waals surface area contributed by atoms with Crippen molar-refractivity contribution in [1.82, 2.24) is 10.6 Å². The molecule has 1 aliphatic rings. The lowest BCUT2D eigenvalue weighted by Crippen LogP contribution is -2.54. The highest BCUT2D eigenvalue weighted by molar-refractivity contribution is 5.97. The lowest BCUT2D eigenvalue weighted by molar-refractivity contribution is -0.125. The van der Waals surface area contributed by atoms with Crippen molar-refractivity contribution in [2.45, 2.75) is 59.0 Å². The van der Waals surface area contributed by atoms with Crippen molar-refractivity contribution in [2.75, 3.05) is 0 Å². The molecular formula is C20H29FN2O2. The van der Waals surface area contributed by atoms with Gasteiger partial charge in [-0.15, -0.1) is 0 Å². The summed E-state index contributed by atoms with van der Waals surface area (Å²) in [7, 11) is 0. The van der Waals surface area contributed by atoms with Crippen LogP contribution in [0, 0.1) is 23.6 Å². The van der Waals surface area contributed by atoms with E-state index in [2.05, 4.69) is 24.5 Å². The van der Waals surface area contributed by atoms with Gasteiger partial charge in [-0.1, -0.05) is 52.7 Å². The normalized spacial score (nSPS) is 24.6. The third-order valence-electron chi connectivity index (χ3n) is 5.39. The van der Waals surface area contributed by atoms with Crippen LogP contribution in [0.3, 0.4) is 0 Å². The van der Waals surface area contributed by atoms with Gasteiger partial charge in [0.05, 0.1) is 5.56 Å². The Bertz CT molecular complexity index is 617. The van der Waals surface area contributed by atoms with Crippen molar-refractivity contribution in [3.63, 3.8) is 0 Å². The second-order valence-corrected chi connectivity index (χ2v) is 7.56. The molecule has 0 saturated heterocycles. The Morgan fingerprint density at radius 2 is 1.84 bits per heavy atom. The van der Waals surface area contributed by atoms with Crippen molar-refractivity contribution in [2.24, 2.45) is 17.8 Å². The molecule has 2 N–H and O–H groups in total. The van der Waals surface area contributed by atoms with Crippen LogP contribution in [0.15, 0.2) is 24.3 Å². The van der Waals surface area contributed by atoms with Crippen molar-refractivity contribution < 1.29 is 14.0 Å². The number of carbonyl (C=O) groups excluding carboxylic acids is 2. The summed E-state index contributed by atoms with van der Waals surface area (Å²) in [5, 5.41) is 5.80. The standard InChI is InChI=1S/C20H29FN2O2/c1-12(2)18(23-19(24)15-9-5-6-10-16(15)21)20(25)22-17-11-7-8-13(3)14(17)4/h5-6,9-10,12-14,17-18H,7-8,11H2,1-4H3,(H,22,25)(H,23,24). The monoisotopic (exact) mass is 348 g/mol. The molecule has 2 amide bonds. The Morgan fingerprint density at radius 1 is 1.16 bits per heavy atom. The fraction of sp³-hybridized carbons (Fsp3) is 0.600. The van der Waals surface area contributed by atoms with Crippen LogP contribution in [-0.2, 0) is 4.79 Å². The fourth-order valence-electron chi connectivity index (χ4n) is 3.46. The van der Waals surface area contributed by atoms with E-state index in [0.717, 1.165) is 12.8 Å². The molecule has 1 aromatic rings. The van der Waals surface area contributed by atoms with Crippen LogP contribution in [0.5, 0.6) is 0 Å². The molecule has 1 aliphatic carbocycles. The van der Waals surface area contributed by atoms with E-state index in [9.17, 15) is 14.0 Å². The van der Waals surface area contributed by atoms with Gasteiger partial charge in [-0.25, -0.2) is 4.39 Å². The van der Waals surface area contributed by atoms with Gasteiger partial charge in [-0.2, -0.15) is 0 Å². The van der Waals surface area contributed by atoms with Gasteiger partial charge in [0.2, 0.25) is 5.91 Å². The molecule has 0 aliphatic heterocycles. The molecule has 0 spiro atoms. The highest BCUT2D eigenvalue weighted by Crippen LogP contribution is 2.29. The van der Waals surface area contributed by atoms with E-state index in [0.29, 0.717) is 11.8 Å². The summed E-state index contributed by atoms with van der Waals surface area (Å²) < 4.78 is 13.8. The fourth-order valence-corrected chi connectivity index (χ4v) is 3.46. The first-order valence-corrected chi connectivity index (χ1v) is 9.17. The summed E-state index contributed by atoms with van der Waals surface area (Å²) in [5.41, 5.74) is -0.0411. The zero-order chi connectivity index (χ0) is 18.6. The third-order valence-corrected chi connectivity index (χ3v) is 5.39. The molecule has 0 heterocycles. The van der Waals surface area contributed by atoms with Gasteiger partial charge in [-0.3, -0.25) is 9.59 Å². The van der Waals surface area contributed by atoms with E-state index in [1.165, 1.54) is 24.6 Å². The molecule has 0 radical (unpaired) electrons. The number of rotatable bonds is 5. The quantitative estimate of drug-likeness (QED) is 0.855. The first-order chi connectivity index (χ1) is 11.8. The molecule has 0 bridgehead atoms. The Morgan fingerprint density at radius 3 is 2.48 bits per heavy atom. The van der Waals surface area contributed by atoms with Gasteiger partial charge in [0.25, 0.3) is 5.91 Å². The van der Waals surface area contributed by atoms with E-state index in [-0.39, 0.29) is 23.4 Å². The lowest BCUT2D eigenvalue weighted by Gasteiger charge is -2.36. The van der Waals surface area contributed by atoms with Gasteiger partial charge in [0.15, 0.2) is 0 Å². The molecule has 1 saturated carbocycles. The Kier molecular flexibility index (Phi) is 6.57. The largest absolute Gasteiger partial charge is 0.351 e.